The number of piperidine rings is 1. The summed E-state index contributed by atoms with van der Waals surface area (Å²) in [4.78, 5) is 41.6. The van der Waals surface area contributed by atoms with Crippen molar-refractivity contribution in [2.24, 2.45) is 0 Å². The summed E-state index contributed by atoms with van der Waals surface area (Å²) >= 11 is 1.61. The molecule has 0 spiro atoms. The van der Waals surface area contributed by atoms with Crippen LogP contribution in [0.2, 0.25) is 0 Å². The minimum Gasteiger partial charge on any atom is -0.343 e. The maximum atomic E-state index is 12.8. The van der Waals surface area contributed by atoms with Crippen molar-refractivity contribution >= 4 is 29.5 Å². The van der Waals surface area contributed by atoms with Crippen LogP contribution in [0, 0.1) is 0 Å². The third-order valence-electron chi connectivity index (χ3n) is 5.39. The first kappa shape index (κ1) is 17.4. The van der Waals surface area contributed by atoms with E-state index in [1.807, 2.05) is 29.2 Å². The van der Waals surface area contributed by atoms with E-state index < -0.39 is 12.1 Å². The SMILES string of the molecule is CC(NC(=O)C1CSC2c3ccccc3C(=O)N12)C(=O)N1CCCCC1. The molecule has 3 heterocycles. The fraction of sp³-hybridized carbons (Fsp3) is 0.526. The Balaban J connectivity index is 1.43. The number of thioether (sulfide) groups is 1. The van der Waals surface area contributed by atoms with Crippen molar-refractivity contribution in [3.8, 4) is 0 Å². The van der Waals surface area contributed by atoms with Gasteiger partial charge in [-0.25, -0.2) is 0 Å². The maximum Gasteiger partial charge on any atom is 0.256 e. The molecule has 3 amide bonds. The topological polar surface area (TPSA) is 69.7 Å². The van der Waals surface area contributed by atoms with Gasteiger partial charge in [-0.1, -0.05) is 18.2 Å². The van der Waals surface area contributed by atoms with Crippen LogP contribution in [-0.4, -0.2) is 58.4 Å². The first-order valence-electron chi connectivity index (χ1n) is 9.20. The van der Waals surface area contributed by atoms with Crippen molar-refractivity contribution in [1.29, 1.82) is 0 Å². The van der Waals surface area contributed by atoms with Gasteiger partial charge >= 0.3 is 0 Å². The normalized spacial score (nSPS) is 25.7. The highest BCUT2D eigenvalue weighted by Crippen LogP contribution is 2.48. The van der Waals surface area contributed by atoms with Gasteiger partial charge in [-0.15, -0.1) is 11.8 Å². The average Bonchev–Trinajstić information content (AvgIpc) is 3.22. The number of hydrogen-bond donors (Lipinski definition) is 1. The molecule has 0 radical (unpaired) electrons. The van der Waals surface area contributed by atoms with Gasteiger partial charge in [0, 0.05) is 24.4 Å². The van der Waals surface area contributed by atoms with E-state index in [9.17, 15) is 14.4 Å². The van der Waals surface area contributed by atoms with Crippen LogP contribution in [0.5, 0.6) is 0 Å². The zero-order valence-electron chi connectivity index (χ0n) is 14.8. The molecular weight excluding hydrogens is 350 g/mol. The fourth-order valence-electron chi connectivity index (χ4n) is 4.00. The second-order valence-corrected chi connectivity index (χ2v) is 8.23. The molecule has 0 aliphatic carbocycles. The molecular formula is C19H23N3O3S. The lowest BCUT2D eigenvalue weighted by molar-refractivity contribution is -0.137. The van der Waals surface area contributed by atoms with E-state index in [2.05, 4.69) is 5.32 Å². The van der Waals surface area contributed by atoms with E-state index >= 15 is 0 Å². The van der Waals surface area contributed by atoms with Crippen molar-refractivity contribution in [3.05, 3.63) is 35.4 Å². The summed E-state index contributed by atoms with van der Waals surface area (Å²) in [6, 6.07) is 6.44. The van der Waals surface area contributed by atoms with Gasteiger partial charge in [0.1, 0.15) is 17.5 Å². The summed E-state index contributed by atoms with van der Waals surface area (Å²) < 4.78 is 0. The number of amides is 3. The number of benzene rings is 1. The Hall–Kier alpha value is -2.02. The Morgan fingerprint density at radius 1 is 1.19 bits per heavy atom. The van der Waals surface area contributed by atoms with Crippen LogP contribution in [0.4, 0.5) is 0 Å². The molecule has 2 saturated heterocycles. The lowest BCUT2D eigenvalue weighted by Gasteiger charge is -2.30. The first-order valence-corrected chi connectivity index (χ1v) is 10.2. The van der Waals surface area contributed by atoms with E-state index in [1.165, 1.54) is 0 Å². The molecule has 3 aliphatic heterocycles. The monoisotopic (exact) mass is 373 g/mol. The minimum atomic E-state index is -0.565. The molecule has 7 heteroatoms. The molecule has 1 N–H and O–H groups in total. The van der Waals surface area contributed by atoms with Gasteiger partial charge in [-0.05, 0) is 37.8 Å². The quantitative estimate of drug-likeness (QED) is 0.877. The number of fused-ring (bicyclic) bond motifs is 3. The Bertz CT molecular complexity index is 747. The van der Waals surface area contributed by atoms with Crippen molar-refractivity contribution in [3.63, 3.8) is 0 Å². The molecule has 0 aromatic heterocycles. The van der Waals surface area contributed by atoms with Crippen LogP contribution >= 0.6 is 11.8 Å². The predicted molar refractivity (Wildman–Crippen MR) is 99.6 cm³/mol. The third kappa shape index (κ3) is 2.88. The first-order chi connectivity index (χ1) is 12.6. The molecule has 4 rings (SSSR count). The van der Waals surface area contributed by atoms with E-state index in [0.29, 0.717) is 11.3 Å². The molecule has 0 bridgehead atoms. The summed E-state index contributed by atoms with van der Waals surface area (Å²) in [5.41, 5.74) is 1.66. The summed E-state index contributed by atoms with van der Waals surface area (Å²) in [6.07, 6.45) is 3.20. The van der Waals surface area contributed by atoms with E-state index in [1.54, 1.807) is 23.6 Å². The van der Waals surface area contributed by atoms with Gasteiger partial charge in [0.05, 0.1) is 0 Å². The van der Waals surface area contributed by atoms with E-state index in [4.69, 9.17) is 0 Å². The standard InChI is InChI=1S/C19H23N3O3S/c1-12(17(24)21-9-5-2-6-10-21)20-16(23)15-11-26-19-14-8-4-3-7-13(14)18(25)22(15)19/h3-4,7-8,12,15,19H,2,5-6,9-11H2,1H3,(H,20,23). The number of hydrogen-bond acceptors (Lipinski definition) is 4. The Labute approximate surface area is 157 Å². The zero-order chi connectivity index (χ0) is 18.3. The van der Waals surface area contributed by atoms with Gasteiger partial charge in [0.25, 0.3) is 5.91 Å². The number of likely N-dealkylation sites (tertiary alicyclic amines) is 1. The van der Waals surface area contributed by atoms with Crippen molar-refractivity contribution in [2.45, 2.75) is 43.6 Å². The summed E-state index contributed by atoms with van der Waals surface area (Å²) in [5.74, 6) is 0.197. The molecule has 1 aromatic carbocycles. The molecule has 1 aromatic rings. The summed E-state index contributed by atoms with van der Waals surface area (Å²) in [7, 11) is 0. The zero-order valence-corrected chi connectivity index (χ0v) is 15.6. The van der Waals surface area contributed by atoms with Gasteiger partial charge < -0.3 is 15.1 Å². The number of carbonyl (C=O) groups excluding carboxylic acids is 3. The van der Waals surface area contributed by atoms with Crippen LogP contribution < -0.4 is 5.32 Å². The van der Waals surface area contributed by atoms with Crippen molar-refractivity contribution < 1.29 is 14.4 Å². The predicted octanol–water partition coefficient (Wildman–Crippen LogP) is 1.77. The van der Waals surface area contributed by atoms with Crippen LogP contribution in [-0.2, 0) is 9.59 Å². The number of nitrogens with one attached hydrogen (secondary N) is 1. The van der Waals surface area contributed by atoms with E-state index in [-0.39, 0.29) is 23.1 Å². The largest absolute Gasteiger partial charge is 0.343 e. The molecule has 138 valence electrons. The third-order valence-corrected chi connectivity index (χ3v) is 6.70. The highest BCUT2D eigenvalue weighted by atomic mass is 32.2. The summed E-state index contributed by atoms with van der Waals surface area (Å²) in [6.45, 7) is 3.26. The van der Waals surface area contributed by atoms with Gasteiger partial charge in [-0.3, -0.25) is 14.4 Å². The van der Waals surface area contributed by atoms with E-state index in [0.717, 1.165) is 37.9 Å². The molecule has 3 atom stereocenters. The molecule has 2 fully saturated rings. The number of carbonyl (C=O) groups is 3. The molecule has 3 aliphatic rings. The molecule has 0 saturated carbocycles. The van der Waals surface area contributed by atoms with Gasteiger partial charge in [0.2, 0.25) is 11.8 Å². The van der Waals surface area contributed by atoms with Crippen molar-refractivity contribution in [1.82, 2.24) is 15.1 Å². The second kappa shape index (κ2) is 6.95. The fourth-order valence-corrected chi connectivity index (χ4v) is 5.47. The Kier molecular flexibility index (Phi) is 4.65. The lowest BCUT2D eigenvalue weighted by atomic mass is 10.1. The van der Waals surface area contributed by atoms with Crippen LogP contribution in [0.3, 0.4) is 0 Å². The maximum absolute atomic E-state index is 12.8. The molecule has 6 nitrogen and oxygen atoms in total. The van der Waals surface area contributed by atoms with Crippen LogP contribution in [0.1, 0.15) is 47.5 Å². The average molecular weight is 373 g/mol. The smallest absolute Gasteiger partial charge is 0.256 e. The Morgan fingerprint density at radius 3 is 2.69 bits per heavy atom. The van der Waals surface area contributed by atoms with Gasteiger partial charge in [-0.2, -0.15) is 0 Å². The van der Waals surface area contributed by atoms with Crippen molar-refractivity contribution in [2.75, 3.05) is 18.8 Å². The summed E-state index contributed by atoms with van der Waals surface area (Å²) in [5, 5.41) is 2.75. The molecule has 3 unspecified atom stereocenters. The Morgan fingerprint density at radius 2 is 1.92 bits per heavy atom. The van der Waals surface area contributed by atoms with Gasteiger partial charge in [0.15, 0.2) is 0 Å². The highest BCUT2D eigenvalue weighted by Gasteiger charge is 2.48. The van der Waals surface area contributed by atoms with Crippen LogP contribution in [0.25, 0.3) is 0 Å². The number of nitrogens with zero attached hydrogens (tertiary/aromatic N) is 2. The number of rotatable bonds is 3. The highest BCUT2D eigenvalue weighted by molar-refractivity contribution is 7.99. The lowest BCUT2D eigenvalue weighted by Crippen LogP contribution is -2.53. The van der Waals surface area contributed by atoms with Crippen LogP contribution in [0.15, 0.2) is 24.3 Å². The minimum absolute atomic E-state index is 0.0312. The molecule has 26 heavy (non-hydrogen) atoms. The second-order valence-electron chi connectivity index (χ2n) is 7.12.